The highest BCUT2D eigenvalue weighted by Gasteiger charge is 2.78. The summed E-state index contributed by atoms with van der Waals surface area (Å²) in [5.41, 5.74) is 0.675. The van der Waals surface area contributed by atoms with E-state index in [2.05, 4.69) is 0 Å². The van der Waals surface area contributed by atoms with Crippen molar-refractivity contribution in [2.45, 2.75) is 24.7 Å². The van der Waals surface area contributed by atoms with E-state index in [1.54, 1.807) is 42.3 Å². The van der Waals surface area contributed by atoms with Gasteiger partial charge in [-0.1, -0.05) is 18.2 Å². The number of anilines is 1. The van der Waals surface area contributed by atoms with E-state index in [0.29, 0.717) is 17.6 Å². The summed E-state index contributed by atoms with van der Waals surface area (Å²) in [4.78, 5) is 24.8. The third-order valence-electron chi connectivity index (χ3n) is 4.14. The number of nitrogens with one attached hydrogen (secondary N) is 1. The highest BCUT2D eigenvalue weighted by molar-refractivity contribution is 5.89. The molecule has 0 bridgehead atoms. The summed E-state index contributed by atoms with van der Waals surface area (Å²) < 4.78 is 82.8. The Morgan fingerprint density at radius 2 is 1.50 bits per heavy atom. The smallest absolute Gasteiger partial charge is 0.373 e. The first-order valence-electron chi connectivity index (χ1n) is 8.25. The maximum absolute atomic E-state index is 14.1. The Kier molecular flexibility index (Phi) is 7.32. The molecule has 0 saturated heterocycles. The number of carbonyl (C=O) groups excluding carboxylic acids is 2. The number of amides is 2. The lowest BCUT2D eigenvalue weighted by Crippen LogP contribution is -2.65. The molecule has 0 radical (unpaired) electrons. The summed E-state index contributed by atoms with van der Waals surface area (Å²) >= 11 is 0. The molecule has 0 heterocycles. The van der Waals surface area contributed by atoms with Crippen LogP contribution in [0.15, 0.2) is 30.3 Å². The molecule has 1 N–H and O–H groups in total. The van der Waals surface area contributed by atoms with Crippen LogP contribution in [0.2, 0.25) is 0 Å². The van der Waals surface area contributed by atoms with Crippen LogP contribution >= 0.6 is 0 Å². The van der Waals surface area contributed by atoms with Crippen LogP contribution in [-0.4, -0.2) is 68.2 Å². The molecule has 0 aliphatic carbocycles. The standard InChI is InChI=1S/C17H21F6N3O2/c1-4-26(11-10-25(3)12-8-6-5-7-9-12)14(28)16(20,21)17(22,23)15(18,19)13(27)24-2/h5-9H,4,10-11H2,1-3H3,(H,24,27). The highest BCUT2D eigenvalue weighted by atomic mass is 19.3. The predicted molar refractivity (Wildman–Crippen MR) is 90.9 cm³/mol. The van der Waals surface area contributed by atoms with Gasteiger partial charge in [-0.15, -0.1) is 0 Å². The van der Waals surface area contributed by atoms with Crippen LogP contribution in [0, 0.1) is 0 Å². The van der Waals surface area contributed by atoms with E-state index in [4.69, 9.17) is 0 Å². The lowest BCUT2D eigenvalue weighted by Gasteiger charge is -2.34. The molecule has 0 unspecified atom stereocenters. The van der Waals surface area contributed by atoms with E-state index in [0.717, 1.165) is 0 Å². The van der Waals surface area contributed by atoms with Crippen molar-refractivity contribution in [3.05, 3.63) is 30.3 Å². The number of hydrogen-bond acceptors (Lipinski definition) is 3. The average Bonchev–Trinajstić information content (AvgIpc) is 2.67. The molecule has 2 amide bonds. The Balaban J connectivity index is 2.99. The van der Waals surface area contributed by atoms with E-state index in [-0.39, 0.29) is 6.54 Å². The molecular weight excluding hydrogens is 392 g/mol. The monoisotopic (exact) mass is 413 g/mol. The Morgan fingerprint density at radius 3 is 1.96 bits per heavy atom. The summed E-state index contributed by atoms with van der Waals surface area (Å²) in [7, 11) is 2.17. The molecule has 1 rings (SSSR count). The second-order valence-corrected chi connectivity index (χ2v) is 5.94. The van der Waals surface area contributed by atoms with Crippen molar-refractivity contribution >= 4 is 17.5 Å². The molecule has 0 aliphatic rings. The fraction of sp³-hybridized carbons (Fsp3) is 0.529. The first-order chi connectivity index (χ1) is 12.8. The van der Waals surface area contributed by atoms with Crippen LogP contribution in [0.1, 0.15) is 6.92 Å². The molecule has 0 spiro atoms. The molecule has 5 nitrogen and oxygen atoms in total. The van der Waals surface area contributed by atoms with Crippen LogP contribution in [0.3, 0.4) is 0 Å². The molecule has 11 heteroatoms. The zero-order valence-electron chi connectivity index (χ0n) is 15.5. The number of rotatable bonds is 9. The maximum Gasteiger partial charge on any atom is 0.393 e. The molecular formula is C17H21F6N3O2. The number of para-hydroxylation sites is 1. The van der Waals surface area contributed by atoms with Gasteiger partial charge in [-0.05, 0) is 19.1 Å². The molecule has 0 atom stereocenters. The normalized spacial score (nSPS) is 12.5. The average molecular weight is 413 g/mol. The summed E-state index contributed by atoms with van der Waals surface area (Å²) in [6, 6.07) is 8.57. The molecule has 0 saturated carbocycles. The third kappa shape index (κ3) is 4.33. The van der Waals surface area contributed by atoms with Gasteiger partial charge in [0.05, 0.1) is 0 Å². The minimum atomic E-state index is -6.21. The second kappa shape index (κ2) is 8.70. The van der Waals surface area contributed by atoms with E-state index in [1.807, 2.05) is 0 Å². The van der Waals surface area contributed by atoms with Crippen molar-refractivity contribution in [3.63, 3.8) is 0 Å². The Labute approximate surface area is 158 Å². The van der Waals surface area contributed by atoms with E-state index in [9.17, 15) is 35.9 Å². The minimum absolute atomic E-state index is 0.0168. The third-order valence-corrected chi connectivity index (χ3v) is 4.14. The van der Waals surface area contributed by atoms with Crippen LogP contribution < -0.4 is 10.2 Å². The number of hydrogen-bond donors (Lipinski definition) is 1. The number of halogens is 6. The lowest BCUT2D eigenvalue weighted by molar-refractivity contribution is -0.290. The van der Waals surface area contributed by atoms with Gasteiger partial charge < -0.3 is 15.1 Å². The van der Waals surface area contributed by atoms with E-state index < -0.39 is 42.7 Å². The van der Waals surface area contributed by atoms with E-state index in [1.165, 1.54) is 12.2 Å². The van der Waals surface area contributed by atoms with Gasteiger partial charge in [-0.2, -0.15) is 26.3 Å². The number of nitrogens with zero attached hydrogens (tertiary/aromatic N) is 2. The van der Waals surface area contributed by atoms with Crippen LogP contribution in [-0.2, 0) is 9.59 Å². The lowest BCUT2D eigenvalue weighted by atomic mass is 10.0. The van der Waals surface area contributed by atoms with Crippen LogP contribution in [0.25, 0.3) is 0 Å². The van der Waals surface area contributed by atoms with Crippen molar-refractivity contribution in [1.82, 2.24) is 10.2 Å². The molecule has 1 aromatic rings. The molecule has 0 fully saturated rings. The van der Waals surface area contributed by atoms with Crippen LogP contribution in [0.5, 0.6) is 0 Å². The van der Waals surface area contributed by atoms with Gasteiger partial charge in [0.15, 0.2) is 0 Å². The largest absolute Gasteiger partial charge is 0.393 e. The predicted octanol–water partition coefficient (Wildman–Crippen LogP) is 2.62. The fourth-order valence-electron chi connectivity index (χ4n) is 2.32. The summed E-state index contributed by atoms with van der Waals surface area (Å²) in [6.45, 7) is 0.388. The van der Waals surface area contributed by atoms with Crippen LogP contribution in [0.4, 0.5) is 32.0 Å². The van der Waals surface area contributed by atoms with Gasteiger partial charge in [-0.3, -0.25) is 9.59 Å². The molecule has 0 aromatic heterocycles. The van der Waals surface area contributed by atoms with Crippen molar-refractivity contribution in [2.75, 3.05) is 38.6 Å². The topological polar surface area (TPSA) is 52.7 Å². The minimum Gasteiger partial charge on any atom is -0.373 e. The second-order valence-electron chi connectivity index (χ2n) is 5.94. The van der Waals surface area contributed by atoms with Crippen molar-refractivity contribution in [2.24, 2.45) is 0 Å². The Hall–Kier alpha value is -2.46. The first-order valence-corrected chi connectivity index (χ1v) is 8.25. The molecule has 0 aliphatic heterocycles. The zero-order chi connectivity index (χ0) is 21.8. The Bertz CT molecular complexity index is 685. The van der Waals surface area contributed by atoms with Gasteiger partial charge in [0, 0.05) is 39.4 Å². The van der Waals surface area contributed by atoms with Crippen molar-refractivity contribution in [1.29, 1.82) is 0 Å². The van der Waals surface area contributed by atoms with Crippen molar-refractivity contribution < 1.29 is 35.9 Å². The van der Waals surface area contributed by atoms with Gasteiger partial charge in [0.1, 0.15) is 0 Å². The van der Waals surface area contributed by atoms with Gasteiger partial charge in [0.25, 0.3) is 11.8 Å². The van der Waals surface area contributed by atoms with E-state index >= 15 is 0 Å². The highest BCUT2D eigenvalue weighted by Crippen LogP contribution is 2.46. The molecule has 1 aromatic carbocycles. The summed E-state index contributed by atoms with van der Waals surface area (Å²) in [6.07, 6.45) is 0. The first kappa shape index (κ1) is 23.6. The fourth-order valence-corrected chi connectivity index (χ4v) is 2.32. The Morgan fingerprint density at radius 1 is 0.964 bits per heavy atom. The number of likely N-dealkylation sites (N-methyl/N-ethyl adjacent to an activating group) is 2. The number of carbonyl (C=O) groups is 2. The van der Waals surface area contributed by atoms with Gasteiger partial charge >= 0.3 is 17.8 Å². The molecule has 28 heavy (non-hydrogen) atoms. The molecule has 158 valence electrons. The number of alkyl halides is 6. The SMILES string of the molecule is CCN(CCN(C)c1ccccc1)C(=O)C(F)(F)C(F)(F)C(F)(F)C(=O)NC. The van der Waals surface area contributed by atoms with Crippen molar-refractivity contribution in [3.8, 4) is 0 Å². The number of benzene rings is 1. The zero-order valence-corrected chi connectivity index (χ0v) is 15.5. The quantitative estimate of drug-likeness (QED) is 0.634. The van der Waals surface area contributed by atoms with Gasteiger partial charge in [-0.25, -0.2) is 0 Å². The van der Waals surface area contributed by atoms with Gasteiger partial charge in [0.2, 0.25) is 0 Å². The maximum atomic E-state index is 14.1. The summed E-state index contributed by atoms with van der Waals surface area (Å²) in [5, 5.41) is 1.19. The summed E-state index contributed by atoms with van der Waals surface area (Å²) in [5.74, 6) is -22.9.